The van der Waals surface area contributed by atoms with Gasteiger partial charge in [-0.1, -0.05) is 18.2 Å². The fraction of sp³-hybridized carbons (Fsp3) is 0.261. The van der Waals surface area contributed by atoms with Crippen LogP contribution in [0.3, 0.4) is 0 Å². The Balaban J connectivity index is 2.06. The largest absolute Gasteiger partial charge is 0.491 e. The van der Waals surface area contributed by atoms with Crippen LogP contribution in [-0.4, -0.2) is 35.5 Å². The monoisotopic (exact) mass is 439 g/mol. The first-order valence-electron chi connectivity index (χ1n) is 9.97. The van der Waals surface area contributed by atoms with Crippen LogP contribution < -0.4 is 15.5 Å². The molecule has 1 atom stereocenters. The Labute approximate surface area is 185 Å². The molecule has 32 heavy (non-hydrogen) atoms. The second-order valence-electron chi connectivity index (χ2n) is 6.66. The third-order valence-electron chi connectivity index (χ3n) is 4.32. The second-order valence-corrected chi connectivity index (χ2v) is 6.66. The Bertz CT molecular complexity index is 953. The summed E-state index contributed by atoms with van der Waals surface area (Å²) in [5, 5.41) is 29.0. The van der Waals surface area contributed by atoms with Gasteiger partial charge in [-0.3, -0.25) is 15.3 Å². The summed E-state index contributed by atoms with van der Waals surface area (Å²) in [7, 11) is 0. The van der Waals surface area contributed by atoms with E-state index in [1.807, 2.05) is 6.07 Å². The van der Waals surface area contributed by atoms with Crippen LogP contribution in [0.1, 0.15) is 36.5 Å². The van der Waals surface area contributed by atoms with E-state index in [1.165, 1.54) is 11.6 Å². The van der Waals surface area contributed by atoms with Crippen molar-refractivity contribution < 1.29 is 29.4 Å². The number of hydrogen-bond donors (Lipinski definition) is 4. The minimum atomic E-state index is -0.656. The molecular formula is C23H25N3O6. The fourth-order valence-electron chi connectivity index (χ4n) is 2.82. The molecule has 0 aliphatic heterocycles. The number of ether oxygens (including phenoxy) is 2. The minimum Gasteiger partial charge on any atom is -0.491 e. The molecular weight excluding hydrogens is 414 g/mol. The SMILES string of the molecule is N#Cc1ccc(NC(=O)O[C@@H](CCC/C=C/C(=O)NO)c2cccc(OCCO)c2)cc1. The average molecular weight is 439 g/mol. The lowest BCUT2D eigenvalue weighted by Crippen LogP contribution is -2.18. The van der Waals surface area contributed by atoms with Crippen LogP contribution in [-0.2, 0) is 9.53 Å². The Morgan fingerprint density at radius 3 is 2.66 bits per heavy atom. The van der Waals surface area contributed by atoms with Gasteiger partial charge in [0.25, 0.3) is 5.91 Å². The van der Waals surface area contributed by atoms with Crippen LogP contribution in [0.2, 0.25) is 0 Å². The van der Waals surface area contributed by atoms with Gasteiger partial charge in [-0.05, 0) is 61.2 Å². The Morgan fingerprint density at radius 2 is 1.97 bits per heavy atom. The highest BCUT2D eigenvalue weighted by Crippen LogP contribution is 2.27. The number of carbonyl (C=O) groups excluding carboxylic acids is 2. The quantitative estimate of drug-likeness (QED) is 0.182. The van der Waals surface area contributed by atoms with Gasteiger partial charge in [0.1, 0.15) is 18.5 Å². The second kappa shape index (κ2) is 13.4. The molecule has 4 N–H and O–H groups in total. The molecule has 0 saturated heterocycles. The molecule has 2 rings (SSSR count). The van der Waals surface area contributed by atoms with Crippen molar-refractivity contribution >= 4 is 17.7 Å². The van der Waals surface area contributed by atoms with E-state index in [1.54, 1.807) is 54.6 Å². The predicted molar refractivity (Wildman–Crippen MR) is 116 cm³/mol. The van der Waals surface area contributed by atoms with E-state index in [0.29, 0.717) is 41.8 Å². The van der Waals surface area contributed by atoms with E-state index >= 15 is 0 Å². The topological polar surface area (TPSA) is 141 Å². The maximum absolute atomic E-state index is 12.5. The maximum atomic E-state index is 12.5. The summed E-state index contributed by atoms with van der Waals surface area (Å²) in [5.41, 5.74) is 3.20. The van der Waals surface area contributed by atoms with Crippen LogP contribution in [0.15, 0.2) is 60.7 Å². The lowest BCUT2D eigenvalue weighted by atomic mass is 10.0. The molecule has 9 nitrogen and oxygen atoms in total. The Kier molecular flexibility index (Phi) is 10.2. The zero-order valence-corrected chi connectivity index (χ0v) is 17.4. The Morgan fingerprint density at radius 1 is 1.19 bits per heavy atom. The van der Waals surface area contributed by atoms with Gasteiger partial charge in [0.15, 0.2) is 0 Å². The molecule has 0 aliphatic rings. The average Bonchev–Trinajstić information content (AvgIpc) is 2.82. The number of unbranched alkanes of at least 4 members (excludes halogenated alkanes) is 1. The number of hydroxylamine groups is 1. The lowest BCUT2D eigenvalue weighted by Gasteiger charge is -2.19. The van der Waals surface area contributed by atoms with Crippen LogP contribution in [0.4, 0.5) is 10.5 Å². The zero-order chi connectivity index (χ0) is 23.2. The number of nitrogens with zero attached hydrogens (tertiary/aromatic N) is 1. The van der Waals surface area contributed by atoms with E-state index in [0.717, 1.165) is 0 Å². The van der Waals surface area contributed by atoms with Crippen LogP contribution >= 0.6 is 0 Å². The molecule has 0 aromatic heterocycles. The van der Waals surface area contributed by atoms with Crippen molar-refractivity contribution in [3.63, 3.8) is 0 Å². The van der Waals surface area contributed by atoms with Crippen LogP contribution in [0, 0.1) is 11.3 Å². The number of benzene rings is 2. The third kappa shape index (κ3) is 8.47. The molecule has 0 fully saturated rings. The van der Waals surface area contributed by atoms with Gasteiger partial charge in [0.05, 0.1) is 18.2 Å². The number of aliphatic hydroxyl groups excluding tert-OH is 1. The van der Waals surface area contributed by atoms with Gasteiger partial charge in [0.2, 0.25) is 0 Å². The van der Waals surface area contributed by atoms with Crippen molar-refractivity contribution in [1.82, 2.24) is 5.48 Å². The minimum absolute atomic E-state index is 0.120. The molecule has 168 valence electrons. The van der Waals surface area contributed by atoms with E-state index in [-0.39, 0.29) is 13.2 Å². The van der Waals surface area contributed by atoms with Gasteiger partial charge in [0, 0.05) is 11.8 Å². The summed E-state index contributed by atoms with van der Waals surface area (Å²) in [5.74, 6) is -0.0782. The maximum Gasteiger partial charge on any atom is 0.412 e. The molecule has 9 heteroatoms. The highest BCUT2D eigenvalue weighted by molar-refractivity contribution is 5.86. The van der Waals surface area contributed by atoms with Crippen molar-refractivity contribution in [2.75, 3.05) is 18.5 Å². The van der Waals surface area contributed by atoms with E-state index in [2.05, 4.69) is 5.32 Å². The predicted octanol–water partition coefficient (Wildman–Crippen LogP) is 3.45. The van der Waals surface area contributed by atoms with Crippen LogP contribution in [0.25, 0.3) is 0 Å². The number of carbonyl (C=O) groups is 2. The van der Waals surface area contributed by atoms with Gasteiger partial charge < -0.3 is 14.6 Å². The van der Waals surface area contributed by atoms with Crippen molar-refractivity contribution in [3.05, 3.63) is 71.8 Å². The van der Waals surface area contributed by atoms with Gasteiger partial charge in [-0.15, -0.1) is 0 Å². The number of hydrogen-bond acceptors (Lipinski definition) is 7. The first kappa shape index (κ1) is 24.4. The third-order valence-corrected chi connectivity index (χ3v) is 4.32. The summed E-state index contributed by atoms with van der Waals surface area (Å²) in [6.07, 6.45) is 3.19. The summed E-state index contributed by atoms with van der Waals surface area (Å²) < 4.78 is 11.1. The highest BCUT2D eigenvalue weighted by atomic mass is 16.6. The summed E-state index contributed by atoms with van der Waals surface area (Å²) >= 11 is 0. The highest BCUT2D eigenvalue weighted by Gasteiger charge is 2.17. The van der Waals surface area contributed by atoms with Crippen molar-refractivity contribution in [1.29, 1.82) is 5.26 Å². The lowest BCUT2D eigenvalue weighted by molar-refractivity contribution is -0.124. The van der Waals surface area contributed by atoms with Crippen LogP contribution in [0.5, 0.6) is 5.75 Å². The standard InChI is InChI=1S/C23H25N3O6/c24-16-17-9-11-19(12-10-17)25-23(29)32-21(7-2-1-3-8-22(28)26-30)18-5-4-6-20(15-18)31-14-13-27/h3-6,8-12,15,21,27,30H,1-2,7,13-14H2,(H,25,29)(H,26,28)/b8-3+/t21-/m0/s1. The van der Waals surface area contributed by atoms with Crippen molar-refractivity contribution in [2.24, 2.45) is 0 Å². The molecule has 2 aromatic carbocycles. The van der Waals surface area contributed by atoms with Gasteiger partial charge in [-0.2, -0.15) is 5.26 Å². The number of amides is 2. The molecule has 0 bridgehead atoms. The molecule has 0 spiro atoms. The Hall–Kier alpha value is -3.87. The first-order valence-corrected chi connectivity index (χ1v) is 9.97. The van der Waals surface area contributed by atoms with Gasteiger partial charge in [-0.25, -0.2) is 10.3 Å². The molecule has 0 radical (unpaired) electrons. The summed E-state index contributed by atoms with van der Waals surface area (Å²) in [6.45, 7) is 0.0246. The molecule has 2 aromatic rings. The number of nitriles is 1. The number of nitrogens with one attached hydrogen (secondary N) is 2. The van der Waals surface area contributed by atoms with Gasteiger partial charge >= 0.3 is 6.09 Å². The first-order chi connectivity index (χ1) is 15.5. The van der Waals surface area contributed by atoms with Crippen molar-refractivity contribution in [3.8, 4) is 11.8 Å². The molecule has 0 aliphatic carbocycles. The van der Waals surface area contributed by atoms with E-state index in [4.69, 9.17) is 25.0 Å². The summed E-state index contributed by atoms with van der Waals surface area (Å²) in [6, 6.07) is 15.4. The summed E-state index contributed by atoms with van der Waals surface area (Å²) in [4.78, 5) is 23.5. The number of rotatable bonds is 11. The molecule has 0 unspecified atom stereocenters. The number of aliphatic hydroxyl groups is 1. The number of allylic oxidation sites excluding steroid dienone is 1. The smallest absolute Gasteiger partial charge is 0.412 e. The normalized spacial score (nSPS) is 11.4. The van der Waals surface area contributed by atoms with Crippen molar-refractivity contribution in [2.45, 2.75) is 25.4 Å². The fourth-order valence-corrected chi connectivity index (χ4v) is 2.82. The zero-order valence-electron chi connectivity index (χ0n) is 17.4. The van der Waals surface area contributed by atoms with E-state index in [9.17, 15) is 9.59 Å². The molecule has 2 amide bonds. The number of anilines is 1. The van der Waals surface area contributed by atoms with E-state index < -0.39 is 18.1 Å². The molecule has 0 heterocycles. The molecule has 0 saturated carbocycles.